The van der Waals surface area contributed by atoms with Crippen LogP contribution in [0.25, 0.3) is 6.08 Å². The molecule has 4 amide bonds. The van der Waals surface area contributed by atoms with Crippen LogP contribution in [0.5, 0.6) is 11.5 Å². The van der Waals surface area contributed by atoms with E-state index in [1.54, 1.807) is 57.3 Å². The number of nitrogens with one attached hydrogen (secondary N) is 3. The van der Waals surface area contributed by atoms with Gasteiger partial charge in [0.25, 0.3) is 0 Å². The number of fused-ring (bicyclic) bond motifs is 3. The summed E-state index contributed by atoms with van der Waals surface area (Å²) in [5, 5.41) is 8.58. The van der Waals surface area contributed by atoms with Gasteiger partial charge in [0.15, 0.2) is 0 Å². The van der Waals surface area contributed by atoms with Crippen molar-refractivity contribution in [2.45, 2.75) is 63.9 Å². The maximum atomic E-state index is 14.1. The Morgan fingerprint density at radius 3 is 2.48 bits per heavy atom. The van der Waals surface area contributed by atoms with Gasteiger partial charge in [-0.1, -0.05) is 44.2 Å². The largest absolute Gasteiger partial charge is 0.496 e. The molecule has 11 heteroatoms. The van der Waals surface area contributed by atoms with E-state index in [0.717, 1.165) is 5.56 Å². The highest BCUT2D eigenvalue weighted by atomic mass is 16.5. The third-order valence-electron chi connectivity index (χ3n) is 8.17. The second-order valence-electron chi connectivity index (χ2n) is 11.8. The van der Waals surface area contributed by atoms with Crippen LogP contribution in [0.15, 0.2) is 54.7 Å². The number of ether oxygens (including phenoxy) is 2. The van der Waals surface area contributed by atoms with Crippen molar-refractivity contribution in [1.29, 1.82) is 0 Å². The molecule has 0 spiro atoms. The Labute approximate surface area is 258 Å². The fourth-order valence-corrected chi connectivity index (χ4v) is 5.37. The van der Waals surface area contributed by atoms with Gasteiger partial charge in [-0.05, 0) is 56.8 Å². The number of likely N-dealkylation sites (tertiary alicyclic amines) is 1. The molecule has 236 valence electrons. The zero-order valence-corrected chi connectivity index (χ0v) is 26.2. The highest BCUT2D eigenvalue weighted by molar-refractivity contribution is 5.96. The van der Waals surface area contributed by atoms with Gasteiger partial charge < -0.3 is 30.3 Å². The molecule has 2 aromatic carbocycles. The van der Waals surface area contributed by atoms with Crippen molar-refractivity contribution >= 4 is 29.7 Å². The number of methoxy groups -OCH3 is 1. The number of hydrogen-bond acceptors (Lipinski definition) is 7. The molecule has 0 saturated carbocycles. The summed E-state index contributed by atoms with van der Waals surface area (Å²) >= 11 is 0. The number of carbonyl (C=O) groups is 4. The lowest BCUT2D eigenvalue weighted by atomic mass is 10.0. The summed E-state index contributed by atoms with van der Waals surface area (Å²) in [7, 11) is 5.13. The summed E-state index contributed by atoms with van der Waals surface area (Å²) in [6.45, 7) is 5.70. The average molecular weight is 606 g/mol. The van der Waals surface area contributed by atoms with Crippen molar-refractivity contribution < 1.29 is 28.7 Å². The van der Waals surface area contributed by atoms with Crippen molar-refractivity contribution in [1.82, 2.24) is 25.8 Å². The monoisotopic (exact) mass is 605 g/mol. The molecule has 2 bridgehead atoms. The number of rotatable bonds is 8. The van der Waals surface area contributed by atoms with Crippen molar-refractivity contribution in [3.63, 3.8) is 0 Å². The fourth-order valence-electron chi connectivity index (χ4n) is 5.37. The molecule has 4 rings (SSSR count). The van der Waals surface area contributed by atoms with Gasteiger partial charge in [-0.2, -0.15) is 0 Å². The first-order chi connectivity index (χ1) is 21.0. The summed E-state index contributed by atoms with van der Waals surface area (Å²) < 4.78 is 11.9. The lowest BCUT2D eigenvalue weighted by Gasteiger charge is -2.33. The second kappa shape index (κ2) is 14.4. The van der Waals surface area contributed by atoms with Crippen LogP contribution < -0.4 is 25.4 Å². The Bertz CT molecular complexity index is 1380. The molecule has 0 unspecified atom stereocenters. The number of nitrogens with zero attached hydrogens (tertiary/aromatic N) is 2. The van der Waals surface area contributed by atoms with E-state index in [4.69, 9.17) is 9.47 Å². The smallest absolute Gasteiger partial charge is 0.247 e. The van der Waals surface area contributed by atoms with E-state index in [1.165, 1.54) is 11.1 Å². The number of amides is 4. The van der Waals surface area contributed by atoms with Gasteiger partial charge in [0, 0.05) is 31.1 Å². The van der Waals surface area contributed by atoms with E-state index >= 15 is 0 Å². The van der Waals surface area contributed by atoms with Crippen LogP contribution in [0, 0.1) is 5.92 Å². The van der Waals surface area contributed by atoms with Gasteiger partial charge >= 0.3 is 0 Å². The second-order valence-corrected chi connectivity index (χ2v) is 11.8. The summed E-state index contributed by atoms with van der Waals surface area (Å²) in [6.07, 6.45) is 3.13. The number of carbonyl (C=O) groups excluding carboxylic acids is 4. The first-order valence-corrected chi connectivity index (χ1v) is 14.9. The van der Waals surface area contributed by atoms with E-state index in [1.807, 2.05) is 44.2 Å². The van der Waals surface area contributed by atoms with E-state index in [9.17, 15) is 19.2 Å². The minimum Gasteiger partial charge on any atom is -0.496 e. The van der Waals surface area contributed by atoms with Crippen LogP contribution in [0.2, 0.25) is 0 Å². The van der Waals surface area contributed by atoms with E-state index < -0.39 is 42.1 Å². The van der Waals surface area contributed by atoms with Crippen LogP contribution in [0.1, 0.15) is 38.3 Å². The van der Waals surface area contributed by atoms with Crippen molar-refractivity contribution in [3.8, 4) is 11.5 Å². The summed E-state index contributed by atoms with van der Waals surface area (Å²) in [4.78, 5) is 57.8. The van der Waals surface area contributed by atoms with Gasteiger partial charge in [-0.3, -0.25) is 24.1 Å². The number of hydrogen-bond donors (Lipinski definition) is 3. The first kappa shape index (κ1) is 32.5. The van der Waals surface area contributed by atoms with Crippen LogP contribution in [0.3, 0.4) is 0 Å². The first-order valence-electron chi connectivity index (χ1n) is 14.9. The molecule has 1 fully saturated rings. The molecular formula is C33H43N5O6. The molecule has 0 aromatic heterocycles. The predicted octanol–water partition coefficient (Wildman–Crippen LogP) is 1.96. The lowest BCUT2D eigenvalue weighted by Crippen LogP contribution is -2.60. The molecule has 11 nitrogen and oxygen atoms in total. The minimum atomic E-state index is -1.04. The van der Waals surface area contributed by atoms with Gasteiger partial charge in [0.05, 0.1) is 13.2 Å². The maximum Gasteiger partial charge on any atom is 0.247 e. The fraction of sp³-hybridized carbons (Fsp3) is 0.455. The molecule has 2 aliphatic rings. The predicted molar refractivity (Wildman–Crippen MR) is 167 cm³/mol. The van der Waals surface area contributed by atoms with Gasteiger partial charge in [0.1, 0.15) is 35.7 Å². The Morgan fingerprint density at radius 1 is 1.09 bits per heavy atom. The Morgan fingerprint density at radius 2 is 1.82 bits per heavy atom. The van der Waals surface area contributed by atoms with Gasteiger partial charge in [0.2, 0.25) is 23.6 Å². The van der Waals surface area contributed by atoms with Crippen LogP contribution in [-0.4, -0.2) is 91.4 Å². The minimum absolute atomic E-state index is 0.238. The zero-order valence-electron chi connectivity index (χ0n) is 26.2. The van der Waals surface area contributed by atoms with Crippen molar-refractivity contribution in [3.05, 3.63) is 65.9 Å². The summed E-state index contributed by atoms with van der Waals surface area (Å²) in [5.74, 6) is -0.763. The molecule has 2 aliphatic heterocycles. The number of likely N-dealkylation sites (N-methyl/N-ethyl adjacent to an activating group) is 1. The molecule has 2 heterocycles. The molecule has 5 atom stereocenters. The zero-order chi connectivity index (χ0) is 32.0. The molecule has 0 radical (unpaired) electrons. The third kappa shape index (κ3) is 7.57. The summed E-state index contributed by atoms with van der Waals surface area (Å²) in [6, 6.07) is 11.3. The Hall–Kier alpha value is -4.38. The highest BCUT2D eigenvalue weighted by Gasteiger charge is 2.46. The standard InChI is InChI=1S/C33H43N5O6/c1-20(2)28(36-30(39)21(3)37(4)5)33(42)38-17-15-27-29(38)32(41)35-25(18-22-10-8-7-9-11-22)31(40)34-16-14-23-19-24(44-27)12-13-26(23)43-6/h7-14,16,19-21,25,27-29H,15,17-18H2,1-6H3,(H,34,40)(H,35,41)(H,36,39)/t21-,25-,27-,28+,29-/m0/s1. The Balaban J connectivity index is 1.70. The van der Waals surface area contributed by atoms with Gasteiger partial charge in [-0.15, -0.1) is 0 Å². The maximum absolute atomic E-state index is 14.1. The molecule has 3 N–H and O–H groups in total. The molecule has 0 aliphatic carbocycles. The van der Waals surface area contributed by atoms with E-state index in [-0.39, 0.29) is 30.7 Å². The molecule has 1 saturated heterocycles. The number of benzene rings is 2. The quantitative estimate of drug-likeness (QED) is 0.420. The van der Waals surface area contributed by atoms with Crippen molar-refractivity contribution in [2.24, 2.45) is 5.92 Å². The van der Waals surface area contributed by atoms with Crippen LogP contribution >= 0.6 is 0 Å². The summed E-state index contributed by atoms with van der Waals surface area (Å²) in [5.41, 5.74) is 1.53. The third-order valence-corrected chi connectivity index (χ3v) is 8.17. The van der Waals surface area contributed by atoms with Crippen molar-refractivity contribution in [2.75, 3.05) is 27.7 Å². The van der Waals surface area contributed by atoms with Gasteiger partial charge in [-0.25, -0.2) is 0 Å². The van der Waals surface area contributed by atoms with E-state index in [2.05, 4.69) is 16.0 Å². The molecule has 2 aromatic rings. The topological polar surface area (TPSA) is 129 Å². The van der Waals surface area contributed by atoms with Crippen LogP contribution in [-0.2, 0) is 25.6 Å². The SMILES string of the molecule is COc1ccc2cc1C=CNC(=O)[C@H](Cc1ccccc1)NC(=O)[C@@H]1[C@H](CCN1C(=O)[C@H](NC(=O)[C@H](C)N(C)C)C(C)C)O2. The Kier molecular flexibility index (Phi) is 10.6. The highest BCUT2D eigenvalue weighted by Crippen LogP contribution is 2.30. The van der Waals surface area contributed by atoms with Crippen LogP contribution in [0.4, 0.5) is 0 Å². The van der Waals surface area contributed by atoms with E-state index in [0.29, 0.717) is 23.5 Å². The molecular weight excluding hydrogens is 562 g/mol. The molecule has 44 heavy (non-hydrogen) atoms. The average Bonchev–Trinajstić information content (AvgIpc) is 3.42. The lowest BCUT2D eigenvalue weighted by molar-refractivity contribution is -0.144. The normalized spacial score (nSPS) is 21.5.